The van der Waals surface area contributed by atoms with Crippen LogP contribution in [0.15, 0.2) is 18.6 Å². The topological polar surface area (TPSA) is 80.9 Å². The van der Waals surface area contributed by atoms with Gasteiger partial charge in [-0.15, -0.1) is 0 Å². The molecule has 1 atom stereocenters. The van der Waals surface area contributed by atoms with E-state index in [1.807, 2.05) is 6.92 Å². The smallest absolute Gasteiger partial charge is 0.271 e. The van der Waals surface area contributed by atoms with Crippen LogP contribution in [0.25, 0.3) is 0 Å². The molecule has 1 rings (SSSR count). The molecule has 0 saturated heterocycles. The molecule has 0 spiro atoms. The molecule has 0 radical (unpaired) electrons. The molecule has 1 heterocycles. The molecule has 0 fully saturated rings. The summed E-state index contributed by atoms with van der Waals surface area (Å²) in [6.07, 6.45) is 4.41. The Morgan fingerprint density at radius 2 is 2.46 bits per heavy atom. The van der Waals surface area contributed by atoms with E-state index in [1.54, 1.807) is 0 Å². The average molecular weight is 180 g/mol. The number of carbonyl (C=O) groups excluding carboxylic acids is 1. The van der Waals surface area contributed by atoms with Gasteiger partial charge in [0.1, 0.15) is 5.69 Å². The first-order valence-corrected chi connectivity index (χ1v) is 4.01. The molecule has 0 bridgehead atoms. The summed E-state index contributed by atoms with van der Waals surface area (Å²) >= 11 is 0. The number of rotatable bonds is 3. The number of amides is 1. The van der Waals surface area contributed by atoms with Crippen LogP contribution in [0, 0.1) is 0 Å². The number of nitrogens with zero attached hydrogens (tertiary/aromatic N) is 2. The number of nitrogens with two attached hydrogens (primary N) is 1. The van der Waals surface area contributed by atoms with Gasteiger partial charge in [-0.05, 0) is 6.92 Å². The lowest BCUT2D eigenvalue weighted by atomic mass is 10.3. The summed E-state index contributed by atoms with van der Waals surface area (Å²) in [6, 6.07) is -0.0468. The molecule has 1 aromatic rings. The quantitative estimate of drug-likeness (QED) is 0.660. The lowest BCUT2D eigenvalue weighted by Crippen LogP contribution is -2.38. The van der Waals surface area contributed by atoms with Crippen LogP contribution in [0.1, 0.15) is 17.4 Å². The lowest BCUT2D eigenvalue weighted by Gasteiger charge is -2.09. The Labute approximate surface area is 76.4 Å². The molecule has 0 aromatic carbocycles. The van der Waals surface area contributed by atoms with Crippen LogP contribution in [0.5, 0.6) is 0 Å². The molecule has 0 aliphatic rings. The summed E-state index contributed by atoms with van der Waals surface area (Å²) in [5.74, 6) is -0.244. The SMILES string of the molecule is C[C@H](CN)NC(=O)c1cnccn1. The monoisotopic (exact) mass is 180 g/mol. The van der Waals surface area contributed by atoms with Crippen molar-refractivity contribution in [2.24, 2.45) is 5.73 Å². The number of carbonyl (C=O) groups is 1. The van der Waals surface area contributed by atoms with Gasteiger partial charge in [-0.2, -0.15) is 0 Å². The molecule has 0 aliphatic carbocycles. The zero-order valence-corrected chi connectivity index (χ0v) is 7.40. The van der Waals surface area contributed by atoms with Crippen LogP contribution in [0.3, 0.4) is 0 Å². The predicted molar refractivity (Wildman–Crippen MR) is 48.0 cm³/mol. The molecule has 5 heteroatoms. The molecular weight excluding hydrogens is 168 g/mol. The van der Waals surface area contributed by atoms with E-state index in [4.69, 9.17) is 5.73 Å². The average Bonchev–Trinajstić information content (AvgIpc) is 2.19. The summed E-state index contributed by atoms with van der Waals surface area (Å²) in [6.45, 7) is 2.24. The minimum absolute atomic E-state index is 0.0468. The standard InChI is InChI=1S/C8H12N4O/c1-6(4-9)12-8(13)7-5-10-2-3-11-7/h2-3,5-6H,4,9H2,1H3,(H,12,13)/t6-/m1/s1. The first kappa shape index (κ1) is 9.60. The zero-order chi connectivity index (χ0) is 9.68. The van der Waals surface area contributed by atoms with Crippen molar-refractivity contribution >= 4 is 5.91 Å². The van der Waals surface area contributed by atoms with Gasteiger partial charge >= 0.3 is 0 Å². The second-order valence-electron chi connectivity index (χ2n) is 2.70. The van der Waals surface area contributed by atoms with Crippen LogP contribution in [0.2, 0.25) is 0 Å². The highest BCUT2D eigenvalue weighted by Gasteiger charge is 2.08. The molecule has 1 amide bonds. The second kappa shape index (κ2) is 4.51. The van der Waals surface area contributed by atoms with E-state index in [-0.39, 0.29) is 11.9 Å². The van der Waals surface area contributed by atoms with Gasteiger partial charge in [0.05, 0.1) is 6.20 Å². The van der Waals surface area contributed by atoms with Gasteiger partial charge < -0.3 is 11.1 Å². The highest BCUT2D eigenvalue weighted by molar-refractivity contribution is 5.92. The fraction of sp³-hybridized carbons (Fsp3) is 0.375. The Hall–Kier alpha value is -1.49. The normalized spacial score (nSPS) is 12.2. The third kappa shape index (κ3) is 2.79. The Kier molecular flexibility index (Phi) is 3.33. The van der Waals surface area contributed by atoms with E-state index in [9.17, 15) is 4.79 Å². The largest absolute Gasteiger partial charge is 0.347 e. The number of nitrogens with one attached hydrogen (secondary N) is 1. The zero-order valence-electron chi connectivity index (χ0n) is 7.40. The summed E-state index contributed by atoms with van der Waals surface area (Å²) in [4.78, 5) is 19.0. The fourth-order valence-electron chi connectivity index (χ4n) is 0.773. The van der Waals surface area contributed by atoms with Crippen LogP contribution in [0.4, 0.5) is 0 Å². The van der Waals surface area contributed by atoms with Crippen molar-refractivity contribution in [3.63, 3.8) is 0 Å². The van der Waals surface area contributed by atoms with Crippen molar-refractivity contribution in [3.8, 4) is 0 Å². The maximum absolute atomic E-state index is 11.3. The van der Waals surface area contributed by atoms with E-state index in [1.165, 1.54) is 18.6 Å². The van der Waals surface area contributed by atoms with Gasteiger partial charge in [0.2, 0.25) is 0 Å². The van der Waals surface area contributed by atoms with Gasteiger partial charge in [-0.25, -0.2) is 4.98 Å². The van der Waals surface area contributed by atoms with Crippen molar-refractivity contribution in [3.05, 3.63) is 24.3 Å². The molecule has 0 aliphatic heterocycles. The number of hydrogen-bond donors (Lipinski definition) is 2. The molecular formula is C8H12N4O. The number of hydrogen-bond acceptors (Lipinski definition) is 4. The third-order valence-corrected chi connectivity index (χ3v) is 1.53. The van der Waals surface area contributed by atoms with Crippen molar-refractivity contribution in [2.75, 3.05) is 6.54 Å². The van der Waals surface area contributed by atoms with Gasteiger partial charge in [0.25, 0.3) is 5.91 Å². The Balaban J connectivity index is 2.59. The fourth-order valence-corrected chi connectivity index (χ4v) is 0.773. The molecule has 0 unspecified atom stereocenters. The van der Waals surface area contributed by atoms with E-state index in [0.29, 0.717) is 12.2 Å². The van der Waals surface area contributed by atoms with Gasteiger partial charge in [0.15, 0.2) is 0 Å². The van der Waals surface area contributed by atoms with E-state index >= 15 is 0 Å². The Morgan fingerprint density at radius 3 is 3.00 bits per heavy atom. The maximum atomic E-state index is 11.3. The molecule has 70 valence electrons. The first-order valence-electron chi connectivity index (χ1n) is 4.01. The number of aromatic nitrogens is 2. The summed E-state index contributed by atoms with van der Waals surface area (Å²) in [5.41, 5.74) is 5.66. The minimum atomic E-state index is -0.244. The van der Waals surface area contributed by atoms with Crippen molar-refractivity contribution < 1.29 is 4.79 Å². The second-order valence-corrected chi connectivity index (χ2v) is 2.70. The van der Waals surface area contributed by atoms with Crippen LogP contribution >= 0.6 is 0 Å². The molecule has 0 saturated carbocycles. The summed E-state index contributed by atoms with van der Waals surface area (Å²) in [7, 11) is 0. The van der Waals surface area contributed by atoms with E-state index < -0.39 is 0 Å². The maximum Gasteiger partial charge on any atom is 0.271 e. The highest BCUT2D eigenvalue weighted by Crippen LogP contribution is 1.90. The van der Waals surface area contributed by atoms with E-state index in [0.717, 1.165) is 0 Å². The van der Waals surface area contributed by atoms with Crippen molar-refractivity contribution in [1.29, 1.82) is 0 Å². The molecule has 3 N–H and O–H groups in total. The first-order chi connectivity index (χ1) is 6.24. The Bertz CT molecular complexity index is 275. The summed E-state index contributed by atoms with van der Waals surface area (Å²) in [5, 5.41) is 2.68. The van der Waals surface area contributed by atoms with E-state index in [2.05, 4.69) is 15.3 Å². The third-order valence-electron chi connectivity index (χ3n) is 1.53. The molecule has 13 heavy (non-hydrogen) atoms. The highest BCUT2D eigenvalue weighted by atomic mass is 16.1. The van der Waals surface area contributed by atoms with Gasteiger partial charge in [-0.1, -0.05) is 0 Å². The predicted octanol–water partition coefficient (Wildman–Crippen LogP) is -0.446. The molecule has 1 aromatic heterocycles. The minimum Gasteiger partial charge on any atom is -0.347 e. The van der Waals surface area contributed by atoms with Crippen LogP contribution in [-0.2, 0) is 0 Å². The van der Waals surface area contributed by atoms with Gasteiger partial charge in [-0.3, -0.25) is 9.78 Å². The molecule has 5 nitrogen and oxygen atoms in total. The van der Waals surface area contributed by atoms with Crippen molar-refractivity contribution in [1.82, 2.24) is 15.3 Å². The van der Waals surface area contributed by atoms with Crippen LogP contribution in [-0.4, -0.2) is 28.5 Å². The van der Waals surface area contributed by atoms with Crippen molar-refractivity contribution in [2.45, 2.75) is 13.0 Å². The van der Waals surface area contributed by atoms with Gasteiger partial charge in [0, 0.05) is 25.0 Å². The Morgan fingerprint density at radius 1 is 1.69 bits per heavy atom. The summed E-state index contributed by atoms with van der Waals surface area (Å²) < 4.78 is 0. The lowest BCUT2D eigenvalue weighted by molar-refractivity contribution is 0.0936. The van der Waals surface area contributed by atoms with Crippen LogP contribution < -0.4 is 11.1 Å².